The van der Waals surface area contributed by atoms with Gasteiger partial charge in [-0.2, -0.15) is 0 Å². The summed E-state index contributed by atoms with van der Waals surface area (Å²) in [5, 5.41) is 3.39. The van der Waals surface area contributed by atoms with Gasteiger partial charge in [0.1, 0.15) is 5.82 Å². The predicted octanol–water partition coefficient (Wildman–Crippen LogP) is 3.33. The van der Waals surface area contributed by atoms with Crippen molar-refractivity contribution in [2.75, 3.05) is 5.32 Å². The zero-order chi connectivity index (χ0) is 11.5. The molecular formula is C12H15N3S. The summed E-state index contributed by atoms with van der Waals surface area (Å²) in [5.41, 5.74) is 4.00. The number of thiazole rings is 1. The van der Waals surface area contributed by atoms with Crippen LogP contribution in [0.5, 0.6) is 0 Å². The van der Waals surface area contributed by atoms with Gasteiger partial charge in [-0.1, -0.05) is 6.07 Å². The molecule has 84 valence electrons. The maximum atomic E-state index is 4.43. The van der Waals surface area contributed by atoms with Crippen molar-refractivity contribution < 1.29 is 0 Å². The van der Waals surface area contributed by atoms with E-state index in [4.69, 9.17) is 0 Å². The highest BCUT2D eigenvalue weighted by molar-refractivity contribution is 7.09. The van der Waals surface area contributed by atoms with Crippen LogP contribution in [0.25, 0.3) is 0 Å². The molecule has 3 nitrogen and oxygen atoms in total. The van der Waals surface area contributed by atoms with Gasteiger partial charge >= 0.3 is 0 Å². The molecule has 0 aromatic carbocycles. The van der Waals surface area contributed by atoms with Crippen molar-refractivity contribution in [3.63, 3.8) is 0 Å². The highest BCUT2D eigenvalue weighted by Gasteiger charge is 2.10. The number of rotatable bonds is 3. The molecule has 0 aliphatic carbocycles. The fourth-order valence-electron chi connectivity index (χ4n) is 1.64. The number of hydrogen-bond acceptors (Lipinski definition) is 4. The van der Waals surface area contributed by atoms with Gasteiger partial charge in [-0.25, -0.2) is 9.97 Å². The van der Waals surface area contributed by atoms with E-state index in [1.807, 2.05) is 37.6 Å². The molecule has 2 rings (SSSR count). The van der Waals surface area contributed by atoms with Crippen molar-refractivity contribution in [3.8, 4) is 0 Å². The second-order valence-electron chi connectivity index (χ2n) is 3.83. The first-order chi connectivity index (χ1) is 7.66. The van der Waals surface area contributed by atoms with Crippen molar-refractivity contribution in [2.24, 2.45) is 0 Å². The van der Waals surface area contributed by atoms with Crippen LogP contribution in [0.4, 0.5) is 5.82 Å². The van der Waals surface area contributed by atoms with E-state index in [1.54, 1.807) is 11.3 Å². The smallest absolute Gasteiger partial charge is 0.126 e. The van der Waals surface area contributed by atoms with Crippen molar-refractivity contribution in [2.45, 2.75) is 26.8 Å². The van der Waals surface area contributed by atoms with E-state index in [2.05, 4.69) is 22.2 Å². The van der Waals surface area contributed by atoms with Gasteiger partial charge in [0, 0.05) is 10.6 Å². The van der Waals surface area contributed by atoms with E-state index >= 15 is 0 Å². The highest BCUT2D eigenvalue weighted by atomic mass is 32.1. The van der Waals surface area contributed by atoms with Crippen molar-refractivity contribution in [3.05, 3.63) is 40.0 Å². The van der Waals surface area contributed by atoms with Crippen molar-refractivity contribution in [1.82, 2.24) is 9.97 Å². The molecule has 0 fully saturated rings. The molecule has 0 spiro atoms. The van der Waals surface area contributed by atoms with Gasteiger partial charge < -0.3 is 5.32 Å². The molecular weight excluding hydrogens is 218 g/mol. The number of aromatic nitrogens is 2. The maximum absolute atomic E-state index is 4.43. The average molecular weight is 233 g/mol. The molecule has 0 bridgehead atoms. The molecule has 1 atom stereocenters. The maximum Gasteiger partial charge on any atom is 0.126 e. The molecule has 2 heterocycles. The fraction of sp³-hybridized carbons (Fsp3) is 0.333. The minimum Gasteiger partial charge on any atom is -0.363 e. The summed E-state index contributed by atoms with van der Waals surface area (Å²) in [4.78, 5) is 9.95. The third kappa shape index (κ3) is 2.39. The summed E-state index contributed by atoms with van der Waals surface area (Å²) in [5.74, 6) is 0.917. The number of hydrogen-bond donors (Lipinski definition) is 1. The highest BCUT2D eigenvalue weighted by Crippen LogP contribution is 2.24. The lowest BCUT2D eigenvalue weighted by molar-refractivity contribution is 0.878. The van der Waals surface area contributed by atoms with Crippen LogP contribution < -0.4 is 5.32 Å². The van der Waals surface area contributed by atoms with E-state index < -0.39 is 0 Å². The Bertz CT molecular complexity index is 479. The molecule has 0 saturated carbocycles. The molecule has 0 saturated heterocycles. The number of nitrogens with one attached hydrogen (secondary N) is 1. The van der Waals surface area contributed by atoms with Gasteiger partial charge in [-0.15, -0.1) is 11.3 Å². The average Bonchev–Trinajstić information content (AvgIpc) is 2.64. The minimum atomic E-state index is 0.252. The summed E-state index contributed by atoms with van der Waals surface area (Å²) >= 11 is 1.68. The van der Waals surface area contributed by atoms with Crippen LogP contribution >= 0.6 is 11.3 Å². The van der Waals surface area contributed by atoms with Crippen LogP contribution in [0.15, 0.2) is 23.7 Å². The van der Waals surface area contributed by atoms with Crippen LogP contribution in [0, 0.1) is 13.8 Å². The molecule has 2 aromatic rings. The Morgan fingerprint density at radius 3 is 2.75 bits per heavy atom. The number of aryl methyl sites for hydroxylation is 2. The van der Waals surface area contributed by atoms with Crippen LogP contribution in [0.1, 0.15) is 29.2 Å². The van der Waals surface area contributed by atoms with E-state index in [0.29, 0.717) is 0 Å². The predicted molar refractivity (Wildman–Crippen MR) is 67.9 cm³/mol. The Labute approximate surface area is 99.6 Å². The van der Waals surface area contributed by atoms with Crippen LogP contribution in [0.3, 0.4) is 0 Å². The Balaban J connectivity index is 2.14. The fourth-order valence-corrected chi connectivity index (χ4v) is 2.45. The topological polar surface area (TPSA) is 37.8 Å². The standard InChI is InChI=1S/C12H15N3S/c1-8-5-4-6-11(14-8)15-10(3)12-9(2)13-7-16-12/h4-7,10H,1-3H3,(H,14,15). The summed E-state index contributed by atoms with van der Waals surface area (Å²) in [6.07, 6.45) is 0. The van der Waals surface area contributed by atoms with E-state index in [9.17, 15) is 0 Å². The summed E-state index contributed by atoms with van der Waals surface area (Å²) in [6, 6.07) is 6.24. The Kier molecular flexibility index (Phi) is 3.19. The van der Waals surface area contributed by atoms with Gasteiger partial charge in [0.2, 0.25) is 0 Å². The third-order valence-electron chi connectivity index (χ3n) is 2.43. The lowest BCUT2D eigenvalue weighted by Gasteiger charge is -2.13. The summed E-state index contributed by atoms with van der Waals surface area (Å²) in [6.45, 7) is 6.16. The molecule has 16 heavy (non-hydrogen) atoms. The number of nitrogens with zero attached hydrogens (tertiary/aromatic N) is 2. The van der Waals surface area contributed by atoms with Gasteiger partial charge in [0.25, 0.3) is 0 Å². The van der Waals surface area contributed by atoms with Crippen molar-refractivity contribution in [1.29, 1.82) is 0 Å². The van der Waals surface area contributed by atoms with E-state index in [1.165, 1.54) is 4.88 Å². The third-order valence-corrected chi connectivity index (χ3v) is 3.54. The zero-order valence-electron chi connectivity index (χ0n) is 9.69. The lowest BCUT2D eigenvalue weighted by atomic mass is 10.2. The van der Waals surface area contributed by atoms with Crippen LogP contribution in [0.2, 0.25) is 0 Å². The molecule has 1 N–H and O–H groups in total. The molecule has 0 aliphatic rings. The number of pyridine rings is 1. The summed E-state index contributed by atoms with van der Waals surface area (Å²) in [7, 11) is 0. The first-order valence-electron chi connectivity index (χ1n) is 5.27. The lowest BCUT2D eigenvalue weighted by Crippen LogP contribution is -2.07. The first-order valence-corrected chi connectivity index (χ1v) is 6.15. The Morgan fingerprint density at radius 2 is 2.12 bits per heavy atom. The van der Waals surface area contributed by atoms with Gasteiger partial charge in [-0.3, -0.25) is 0 Å². The molecule has 0 aliphatic heterocycles. The van der Waals surface area contributed by atoms with Gasteiger partial charge in [0.05, 0.1) is 17.2 Å². The monoisotopic (exact) mass is 233 g/mol. The van der Waals surface area contributed by atoms with Crippen LogP contribution in [-0.2, 0) is 0 Å². The molecule has 0 amide bonds. The quantitative estimate of drug-likeness (QED) is 0.883. The van der Waals surface area contributed by atoms with E-state index in [-0.39, 0.29) is 6.04 Å². The SMILES string of the molecule is Cc1cccc(NC(C)c2scnc2C)n1. The Hall–Kier alpha value is -1.42. The Morgan fingerprint density at radius 1 is 1.31 bits per heavy atom. The second kappa shape index (κ2) is 4.61. The normalized spacial score (nSPS) is 12.4. The molecule has 1 unspecified atom stereocenters. The minimum absolute atomic E-state index is 0.252. The van der Waals surface area contributed by atoms with Gasteiger partial charge in [0.15, 0.2) is 0 Å². The zero-order valence-corrected chi connectivity index (χ0v) is 10.5. The second-order valence-corrected chi connectivity index (χ2v) is 4.72. The van der Waals surface area contributed by atoms with E-state index in [0.717, 1.165) is 17.2 Å². The summed E-state index contributed by atoms with van der Waals surface area (Å²) < 4.78 is 0. The molecule has 4 heteroatoms. The van der Waals surface area contributed by atoms with Crippen LogP contribution in [-0.4, -0.2) is 9.97 Å². The number of anilines is 1. The first kappa shape index (κ1) is 11.1. The van der Waals surface area contributed by atoms with Crippen molar-refractivity contribution >= 4 is 17.2 Å². The molecule has 2 aromatic heterocycles. The van der Waals surface area contributed by atoms with Gasteiger partial charge in [-0.05, 0) is 32.9 Å². The molecule has 0 radical (unpaired) electrons. The largest absolute Gasteiger partial charge is 0.363 e.